The van der Waals surface area contributed by atoms with Crippen molar-refractivity contribution in [3.63, 3.8) is 0 Å². The van der Waals surface area contributed by atoms with Gasteiger partial charge in [0.05, 0.1) is 4.88 Å². The average Bonchev–Trinajstić information content (AvgIpc) is 3.11. The van der Waals surface area contributed by atoms with Crippen LogP contribution in [0.1, 0.15) is 28.0 Å². The average molecular weight is 284 g/mol. The summed E-state index contributed by atoms with van der Waals surface area (Å²) < 4.78 is 5.88. The Morgan fingerprint density at radius 2 is 2.10 bits per heavy atom. The SMILES string of the molecule is OCC#Cc1ccsc1COc1ccc2c(c1)CCC2. The van der Waals surface area contributed by atoms with Gasteiger partial charge in [-0.05, 0) is 54.0 Å². The summed E-state index contributed by atoms with van der Waals surface area (Å²) >= 11 is 1.64. The summed E-state index contributed by atoms with van der Waals surface area (Å²) in [5.74, 6) is 6.56. The van der Waals surface area contributed by atoms with Crippen LogP contribution in [0.3, 0.4) is 0 Å². The minimum absolute atomic E-state index is 0.110. The molecule has 1 aromatic heterocycles. The summed E-state index contributed by atoms with van der Waals surface area (Å²) in [5.41, 5.74) is 3.84. The second kappa shape index (κ2) is 6.13. The largest absolute Gasteiger partial charge is 0.488 e. The predicted octanol–water partition coefficient (Wildman–Crippen LogP) is 3.16. The van der Waals surface area contributed by atoms with Crippen LogP contribution in [0.2, 0.25) is 0 Å². The highest BCUT2D eigenvalue weighted by molar-refractivity contribution is 7.10. The van der Waals surface area contributed by atoms with E-state index >= 15 is 0 Å². The molecule has 0 spiro atoms. The number of aliphatic hydroxyl groups is 1. The fourth-order valence-electron chi connectivity index (χ4n) is 2.49. The molecule has 0 bridgehead atoms. The minimum Gasteiger partial charge on any atom is -0.488 e. The monoisotopic (exact) mass is 284 g/mol. The van der Waals surface area contributed by atoms with Crippen LogP contribution in [0, 0.1) is 11.8 Å². The van der Waals surface area contributed by atoms with E-state index in [4.69, 9.17) is 9.84 Å². The van der Waals surface area contributed by atoms with Crippen LogP contribution < -0.4 is 4.74 Å². The van der Waals surface area contributed by atoms with Gasteiger partial charge >= 0.3 is 0 Å². The van der Waals surface area contributed by atoms with Crippen molar-refractivity contribution >= 4 is 11.3 Å². The smallest absolute Gasteiger partial charge is 0.124 e. The van der Waals surface area contributed by atoms with Crippen LogP contribution in [-0.2, 0) is 19.4 Å². The molecule has 0 saturated heterocycles. The van der Waals surface area contributed by atoms with E-state index < -0.39 is 0 Å². The Hall–Kier alpha value is -1.76. The summed E-state index contributed by atoms with van der Waals surface area (Å²) in [6, 6.07) is 8.36. The lowest BCUT2D eigenvalue weighted by Gasteiger charge is -2.07. The van der Waals surface area contributed by atoms with E-state index in [2.05, 4.69) is 30.0 Å². The summed E-state index contributed by atoms with van der Waals surface area (Å²) in [5, 5.41) is 10.8. The van der Waals surface area contributed by atoms with Crippen LogP contribution in [0.25, 0.3) is 0 Å². The number of ether oxygens (including phenoxy) is 1. The number of hydrogen-bond donors (Lipinski definition) is 1. The van der Waals surface area contributed by atoms with Crippen molar-refractivity contribution < 1.29 is 9.84 Å². The van der Waals surface area contributed by atoms with Gasteiger partial charge in [-0.15, -0.1) is 11.3 Å². The molecule has 0 unspecified atom stereocenters. The highest BCUT2D eigenvalue weighted by atomic mass is 32.1. The maximum atomic E-state index is 8.75. The van der Waals surface area contributed by atoms with Crippen molar-refractivity contribution in [3.8, 4) is 17.6 Å². The molecule has 0 saturated carbocycles. The Balaban J connectivity index is 1.69. The maximum Gasteiger partial charge on any atom is 0.124 e. The summed E-state index contributed by atoms with van der Waals surface area (Å²) in [4.78, 5) is 1.10. The number of hydrogen-bond acceptors (Lipinski definition) is 3. The van der Waals surface area contributed by atoms with Gasteiger partial charge in [0.2, 0.25) is 0 Å². The van der Waals surface area contributed by atoms with Crippen molar-refractivity contribution in [1.82, 2.24) is 0 Å². The Labute approximate surface area is 123 Å². The molecule has 0 amide bonds. The molecule has 2 aromatic rings. The maximum absolute atomic E-state index is 8.75. The molecular weight excluding hydrogens is 268 g/mol. The molecule has 0 fully saturated rings. The molecule has 102 valence electrons. The first-order valence-corrected chi connectivity index (χ1v) is 7.65. The standard InChI is InChI=1S/C17H16O2S/c18-9-2-5-14-8-10-20-17(14)12-19-16-7-6-13-3-1-4-15(13)11-16/h6-8,10-11,18H,1,3-4,9,12H2. The van der Waals surface area contributed by atoms with Crippen molar-refractivity contribution in [3.05, 3.63) is 51.2 Å². The summed E-state index contributed by atoms with van der Waals surface area (Å²) in [6.45, 7) is 0.423. The quantitative estimate of drug-likeness (QED) is 0.877. The molecule has 1 N–H and O–H groups in total. The van der Waals surface area contributed by atoms with Crippen LogP contribution in [0.15, 0.2) is 29.6 Å². The number of thiophene rings is 1. The zero-order chi connectivity index (χ0) is 13.8. The van der Waals surface area contributed by atoms with E-state index in [1.54, 1.807) is 11.3 Å². The van der Waals surface area contributed by atoms with E-state index in [0.29, 0.717) is 6.61 Å². The van der Waals surface area contributed by atoms with Gasteiger partial charge < -0.3 is 9.84 Å². The molecule has 20 heavy (non-hydrogen) atoms. The van der Waals surface area contributed by atoms with Crippen molar-refractivity contribution in [2.45, 2.75) is 25.9 Å². The molecule has 3 heteroatoms. The Bertz CT molecular complexity index is 661. The van der Waals surface area contributed by atoms with Crippen LogP contribution in [-0.4, -0.2) is 11.7 Å². The Morgan fingerprint density at radius 3 is 3.00 bits per heavy atom. The van der Waals surface area contributed by atoms with Gasteiger partial charge in [-0.3, -0.25) is 0 Å². The second-order valence-electron chi connectivity index (χ2n) is 4.79. The van der Waals surface area contributed by atoms with Gasteiger partial charge in [0.15, 0.2) is 0 Å². The molecule has 0 atom stereocenters. The third-order valence-corrected chi connectivity index (χ3v) is 4.38. The lowest BCUT2D eigenvalue weighted by molar-refractivity contribution is 0.309. The topological polar surface area (TPSA) is 29.5 Å². The van der Waals surface area contributed by atoms with Gasteiger partial charge in [-0.2, -0.15) is 0 Å². The van der Waals surface area contributed by atoms with E-state index in [9.17, 15) is 0 Å². The van der Waals surface area contributed by atoms with Crippen LogP contribution in [0.5, 0.6) is 5.75 Å². The lowest BCUT2D eigenvalue weighted by Crippen LogP contribution is -1.96. The molecule has 3 rings (SSSR count). The van der Waals surface area contributed by atoms with Crippen molar-refractivity contribution in [2.24, 2.45) is 0 Å². The van der Waals surface area contributed by atoms with E-state index in [1.165, 1.54) is 30.4 Å². The molecule has 1 aliphatic carbocycles. The third kappa shape index (κ3) is 2.87. The molecule has 1 aliphatic rings. The third-order valence-electron chi connectivity index (χ3n) is 3.49. The highest BCUT2D eigenvalue weighted by Crippen LogP contribution is 2.27. The fourth-order valence-corrected chi connectivity index (χ4v) is 3.23. The van der Waals surface area contributed by atoms with Crippen LogP contribution >= 0.6 is 11.3 Å². The van der Waals surface area contributed by atoms with Gasteiger partial charge in [-0.1, -0.05) is 17.9 Å². The van der Waals surface area contributed by atoms with Crippen LogP contribution in [0.4, 0.5) is 0 Å². The number of aryl methyl sites for hydroxylation is 2. The second-order valence-corrected chi connectivity index (χ2v) is 5.79. The first-order chi connectivity index (χ1) is 9.86. The van der Waals surface area contributed by atoms with E-state index in [-0.39, 0.29) is 6.61 Å². The van der Waals surface area contributed by atoms with Crippen molar-refractivity contribution in [1.29, 1.82) is 0 Å². The minimum atomic E-state index is -0.110. The number of fused-ring (bicyclic) bond motifs is 1. The molecular formula is C17H16O2S. The number of rotatable bonds is 3. The molecule has 2 nitrogen and oxygen atoms in total. The van der Waals surface area contributed by atoms with Gasteiger partial charge in [-0.25, -0.2) is 0 Å². The predicted molar refractivity (Wildman–Crippen MR) is 81.1 cm³/mol. The Kier molecular flexibility index (Phi) is 4.05. The van der Waals surface area contributed by atoms with Crippen molar-refractivity contribution in [2.75, 3.05) is 6.61 Å². The molecule has 0 aliphatic heterocycles. The zero-order valence-electron chi connectivity index (χ0n) is 11.2. The number of benzene rings is 1. The first kappa shape index (κ1) is 13.2. The van der Waals surface area contributed by atoms with E-state index in [0.717, 1.165) is 16.2 Å². The molecule has 0 radical (unpaired) electrons. The lowest BCUT2D eigenvalue weighted by atomic mass is 10.1. The zero-order valence-corrected chi connectivity index (χ0v) is 12.0. The highest BCUT2D eigenvalue weighted by Gasteiger charge is 2.11. The molecule has 1 heterocycles. The van der Waals surface area contributed by atoms with E-state index in [1.807, 2.05) is 11.4 Å². The fraction of sp³-hybridized carbons (Fsp3) is 0.294. The van der Waals surface area contributed by atoms with Gasteiger partial charge in [0, 0.05) is 5.56 Å². The first-order valence-electron chi connectivity index (χ1n) is 6.77. The number of aliphatic hydroxyl groups excluding tert-OH is 1. The normalized spacial score (nSPS) is 12.7. The summed E-state index contributed by atoms with van der Waals surface area (Å²) in [7, 11) is 0. The summed E-state index contributed by atoms with van der Waals surface area (Å²) in [6.07, 6.45) is 3.62. The van der Waals surface area contributed by atoms with Gasteiger partial charge in [0.25, 0.3) is 0 Å². The van der Waals surface area contributed by atoms with Gasteiger partial charge in [0.1, 0.15) is 19.0 Å². The Morgan fingerprint density at radius 1 is 1.20 bits per heavy atom. The molecule has 1 aromatic carbocycles.